The number of ether oxygens (including phenoxy) is 2. The second-order valence-corrected chi connectivity index (χ2v) is 6.06. The van der Waals surface area contributed by atoms with E-state index in [1.807, 2.05) is 50.3 Å². The van der Waals surface area contributed by atoms with Gasteiger partial charge in [-0.1, -0.05) is 35.9 Å². The summed E-state index contributed by atoms with van der Waals surface area (Å²) in [6.07, 6.45) is 1.90. The highest BCUT2D eigenvalue weighted by Crippen LogP contribution is 2.41. The molecule has 0 radical (unpaired) electrons. The van der Waals surface area contributed by atoms with Crippen molar-refractivity contribution in [1.82, 2.24) is 0 Å². The number of fused-ring (bicyclic) bond motifs is 1. The fourth-order valence-electron chi connectivity index (χ4n) is 2.61. The lowest BCUT2D eigenvalue weighted by Crippen LogP contribution is -2.04. The molecule has 134 valence electrons. The van der Waals surface area contributed by atoms with Crippen LogP contribution in [-0.4, -0.2) is 18.8 Å². The first-order valence-electron chi connectivity index (χ1n) is 8.20. The molecular formula is C21H20O5. The summed E-state index contributed by atoms with van der Waals surface area (Å²) in [6, 6.07) is 12.0. The monoisotopic (exact) mass is 352 g/mol. The van der Waals surface area contributed by atoms with E-state index in [-0.39, 0.29) is 27.9 Å². The minimum absolute atomic E-state index is 0.0658. The second-order valence-electron chi connectivity index (χ2n) is 6.06. The molecule has 0 fully saturated rings. The Morgan fingerprint density at radius 2 is 1.92 bits per heavy atom. The Morgan fingerprint density at radius 1 is 1.19 bits per heavy atom. The topological polar surface area (TPSA) is 68.9 Å². The molecule has 0 unspecified atom stereocenters. The molecule has 0 aliphatic rings. The van der Waals surface area contributed by atoms with Crippen LogP contribution in [0.15, 0.2) is 63.3 Å². The quantitative estimate of drug-likeness (QED) is 0.684. The number of rotatable bonds is 5. The van der Waals surface area contributed by atoms with Crippen LogP contribution < -0.4 is 14.9 Å². The van der Waals surface area contributed by atoms with E-state index in [4.69, 9.17) is 13.9 Å². The highest BCUT2D eigenvalue weighted by atomic mass is 16.5. The summed E-state index contributed by atoms with van der Waals surface area (Å²) < 4.78 is 17.0. The Balaban J connectivity index is 2.20. The fourth-order valence-corrected chi connectivity index (χ4v) is 2.61. The van der Waals surface area contributed by atoms with Crippen molar-refractivity contribution in [2.24, 2.45) is 0 Å². The van der Waals surface area contributed by atoms with Crippen LogP contribution in [0.4, 0.5) is 0 Å². The predicted molar refractivity (Wildman–Crippen MR) is 101 cm³/mol. The molecule has 3 aromatic rings. The lowest BCUT2D eigenvalue weighted by atomic mass is 10.1. The smallest absolute Gasteiger partial charge is 0.205 e. The Hall–Kier alpha value is -3.21. The zero-order valence-electron chi connectivity index (χ0n) is 14.9. The Morgan fingerprint density at radius 3 is 2.58 bits per heavy atom. The van der Waals surface area contributed by atoms with Gasteiger partial charge < -0.3 is 19.0 Å². The molecule has 0 aliphatic carbocycles. The second kappa shape index (κ2) is 7.35. The molecule has 5 nitrogen and oxygen atoms in total. The maximum Gasteiger partial charge on any atom is 0.205 e. The molecule has 0 saturated carbocycles. The van der Waals surface area contributed by atoms with Crippen LogP contribution in [-0.2, 0) is 0 Å². The highest BCUT2D eigenvalue weighted by Gasteiger charge is 2.20. The Kier molecular flexibility index (Phi) is 4.98. The fraction of sp³-hybridized carbons (Fsp3) is 0.190. The van der Waals surface area contributed by atoms with E-state index >= 15 is 0 Å². The molecule has 0 saturated heterocycles. The van der Waals surface area contributed by atoms with Gasteiger partial charge >= 0.3 is 0 Å². The summed E-state index contributed by atoms with van der Waals surface area (Å²) in [5.41, 5.74) is 1.67. The number of phenolic OH excluding ortho intramolecular Hbond substituents is 1. The zero-order valence-corrected chi connectivity index (χ0v) is 14.9. The number of hydrogen-bond donors (Lipinski definition) is 1. The van der Waals surface area contributed by atoms with Crippen LogP contribution in [0.3, 0.4) is 0 Å². The van der Waals surface area contributed by atoms with Crippen LogP contribution in [0.25, 0.3) is 22.3 Å². The van der Waals surface area contributed by atoms with E-state index in [0.717, 1.165) is 11.1 Å². The number of allylic oxidation sites excluding steroid dienone is 1. The average molecular weight is 352 g/mol. The summed E-state index contributed by atoms with van der Waals surface area (Å²) in [5, 5.41) is 10.4. The molecular weight excluding hydrogens is 332 g/mol. The lowest BCUT2D eigenvalue weighted by Gasteiger charge is -2.13. The molecule has 0 atom stereocenters. The minimum Gasteiger partial charge on any atom is -0.507 e. The largest absolute Gasteiger partial charge is 0.507 e. The molecule has 0 aliphatic heterocycles. The van der Waals surface area contributed by atoms with Crippen molar-refractivity contribution in [3.63, 3.8) is 0 Å². The van der Waals surface area contributed by atoms with Crippen molar-refractivity contribution in [2.75, 3.05) is 13.7 Å². The van der Waals surface area contributed by atoms with Crippen molar-refractivity contribution >= 4 is 11.0 Å². The van der Waals surface area contributed by atoms with Crippen LogP contribution in [0.1, 0.15) is 13.8 Å². The molecule has 0 spiro atoms. The first kappa shape index (κ1) is 17.6. The van der Waals surface area contributed by atoms with Gasteiger partial charge in [0.25, 0.3) is 0 Å². The third kappa shape index (κ3) is 3.42. The van der Waals surface area contributed by atoms with Gasteiger partial charge in [-0.15, -0.1) is 0 Å². The van der Waals surface area contributed by atoms with Gasteiger partial charge in [0.15, 0.2) is 16.8 Å². The van der Waals surface area contributed by atoms with Crippen LogP contribution in [0, 0.1) is 0 Å². The predicted octanol–water partition coefficient (Wildman–Crippen LogP) is 4.52. The minimum atomic E-state index is -0.350. The molecule has 1 aromatic heterocycles. The number of benzene rings is 2. The van der Waals surface area contributed by atoms with Crippen molar-refractivity contribution in [3.8, 4) is 28.6 Å². The first-order chi connectivity index (χ1) is 12.5. The highest BCUT2D eigenvalue weighted by molar-refractivity contribution is 5.91. The summed E-state index contributed by atoms with van der Waals surface area (Å²) in [5.74, 6) is 0.766. The third-order valence-electron chi connectivity index (χ3n) is 3.89. The molecule has 5 heteroatoms. The average Bonchev–Trinajstić information content (AvgIpc) is 2.61. The first-order valence-corrected chi connectivity index (χ1v) is 8.20. The van der Waals surface area contributed by atoms with Gasteiger partial charge in [0.2, 0.25) is 5.75 Å². The van der Waals surface area contributed by atoms with Crippen molar-refractivity contribution in [1.29, 1.82) is 0 Å². The number of hydrogen-bond acceptors (Lipinski definition) is 5. The zero-order chi connectivity index (χ0) is 18.7. The van der Waals surface area contributed by atoms with E-state index in [1.165, 1.54) is 19.2 Å². The van der Waals surface area contributed by atoms with E-state index in [1.54, 1.807) is 0 Å². The molecule has 1 N–H and O–H groups in total. The molecule has 0 amide bonds. The van der Waals surface area contributed by atoms with Gasteiger partial charge in [0, 0.05) is 17.7 Å². The third-order valence-corrected chi connectivity index (χ3v) is 3.89. The Labute approximate surface area is 151 Å². The lowest BCUT2D eigenvalue weighted by molar-refractivity contribution is 0.322. The molecule has 26 heavy (non-hydrogen) atoms. The van der Waals surface area contributed by atoms with Crippen LogP contribution >= 0.6 is 0 Å². The van der Waals surface area contributed by atoms with Gasteiger partial charge in [0.1, 0.15) is 23.5 Å². The van der Waals surface area contributed by atoms with Gasteiger partial charge in [-0.2, -0.15) is 0 Å². The van der Waals surface area contributed by atoms with Crippen LogP contribution in [0.2, 0.25) is 0 Å². The van der Waals surface area contributed by atoms with Crippen molar-refractivity contribution < 1.29 is 19.0 Å². The molecule has 3 rings (SSSR count). The standard InChI is InChI=1S/C21H20O5/c1-13(2)9-10-25-18-12-16(23)19-15(22)11-17(14-7-5-4-6-8-14)26-21(19)20(18)24-3/h4-9,11-12,23H,10H2,1-3H3. The van der Waals surface area contributed by atoms with E-state index in [9.17, 15) is 9.90 Å². The number of phenols is 1. The number of aromatic hydroxyl groups is 1. The van der Waals surface area contributed by atoms with Gasteiger partial charge in [-0.05, 0) is 19.9 Å². The van der Waals surface area contributed by atoms with Gasteiger partial charge in [-0.3, -0.25) is 4.79 Å². The maximum atomic E-state index is 12.6. The SMILES string of the molecule is COc1c(OCC=C(C)C)cc(O)c2c(=O)cc(-c3ccccc3)oc12. The molecule has 0 bridgehead atoms. The maximum absolute atomic E-state index is 12.6. The van der Waals surface area contributed by atoms with E-state index < -0.39 is 0 Å². The summed E-state index contributed by atoms with van der Waals surface area (Å²) >= 11 is 0. The Bertz CT molecular complexity index is 1010. The van der Waals surface area contributed by atoms with Crippen molar-refractivity contribution in [2.45, 2.75) is 13.8 Å². The molecule has 2 aromatic carbocycles. The number of methoxy groups -OCH3 is 1. The normalized spacial score (nSPS) is 10.6. The van der Waals surface area contributed by atoms with E-state index in [2.05, 4.69) is 0 Å². The summed E-state index contributed by atoms with van der Waals surface area (Å²) in [4.78, 5) is 12.6. The molecule has 1 heterocycles. The van der Waals surface area contributed by atoms with Gasteiger partial charge in [0.05, 0.1) is 7.11 Å². The van der Waals surface area contributed by atoms with E-state index in [0.29, 0.717) is 18.1 Å². The van der Waals surface area contributed by atoms with Crippen molar-refractivity contribution in [3.05, 3.63) is 64.3 Å². The van der Waals surface area contributed by atoms with Gasteiger partial charge in [-0.25, -0.2) is 0 Å². The summed E-state index contributed by atoms with van der Waals surface area (Å²) in [7, 11) is 1.47. The van der Waals surface area contributed by atoms with Crippen LogP contribution in [0.5, 0.6) is 17.2 Å². The summed E-state index contributed by atoms with van der Waals surface area (Å²) in [6.45, 7) is 4.24.